The van der Waals surface area contributed by atoms with Crippen molar-refractivity contribution >= 4 is 0 Å². The Kier molecular flexibility index (Phi) is 4.63. The average molecular weight is 290 g/mol. The molecule has 1 aromatic rings. The topological polar surface area (TPSA) is 45.5 Å². The van der Waals surface area contributed by atoms with Crippen LogP contribution in [0, 0.1) is 5.92 Å². The fourth-order valence-corrected chi connectivity index (χ4v) is 3.75. The van der Waals surface area contributed by atoms with E-state index in [1.807, 2.05) is 4.57 Å². The first-order valence-corrected chi connectivity index (χ1v) is 8.37. The Hall–Kier alpha value is -1.29. The van der Waals surface area contributed by atoms with Crippen LogP contribution in [0.1, 0.15) is 50.6 Å². The zero-order valence-corrected chi connectivity index (χ0v) is 12.8. The Morgan fingerprint density at radius 1 is 1.10 bits per heavy atom. The summed E-state index contributed by atoms with van der Waals surface area (Å²) in [6.07, 6.45) is 11.3. The van der Waals surface area contributed by atoms with Gasteiger partial charge in [0, 0.05) is 37.9 Å². The lowest BCUT2D eigenvalue weighted by atomic mass is 9.90. The molecule has 0 bridgehead atoms. The van der Waals surface area contributed by atoms with Crippen LogP contribution in [0.5, 0.6) is 5.75 Å². The summed E-state index contributed by atoms with van der Waals surface area (Å²) in [4.78, 5) is 14.1. The molecule has 0 atom stereocenters. The average Bonchev–Trinajstić information content (AvgIpc) is 2.43. The van der Waals surface area contributed by atoms with E-state index in [-0.39, 0.29) is 11.2 Å². The number of pyridine rings is 1. The number of aromatic hydroxyl groups is 1. The lowest BCUT2D eigenvalue weighted by molar-refractivity contribution is 0.171. The van der Waals surface area contributed by atoms with Crippen LogP contribution in [0.4, 0.5) is 0 Å². The van der Waals surface area contributed by atoms with Crippen LogP contribution in [-0.4, -0.2) is 27.7 Å². The highest BCUT2D eigenvalue weighted by atomic mass is 16.3. The van der Waals surface area contributed by atoms with Gasteiger partial charge in [-0.3, -0.25) is 9.69 Å². The van der Waals surface area contributed by atoms with Crippen LogP contribution in [-0.2, 0) is 13.1 Å². The lowest BCUT2D eigenvalue weighted by Gasteiger charge is -2.33. The molecule has 0 unspecified atom stereocenters. The van der Waals surface area contributed by atoms with Crippen molar-refractivity contribution in [1.82, 2.24) is 9.47 Å². The fraction of sp³-hybridized carbons (Fsp3) is 0.706. The van der Waals surface area contributed by atoms with E-state index in [0.29, 0.717) is 0 Å². The van der Waals surface area contributed by atoms with Crippen molar-refractivity contribution in [2.75, 3.05) is 13.1 Å². The summed E-state index contributed by atoms with van der Waals surface area (Å²) in [5.74, 6) is 0.688. The van der Waals surface area contributed by atoms with Crippen LogP contribution in [0.2, 0.25) is 0 Å². The Morgan fingerprint density at radius 2 is 1.81 bits per heavy atom. The molecule has 0 spiro atoms. The predicted octanol–water partition coefficient (Wildman–Crippen LogP) is 2.73. The van der Waals surface area contributed by atoms with Gasteiger partial charge in [-0.1, -0.05) is 32.1 Å². The fourth-order valence-electron chi connectivity index (χ4n) is 3.75. The SMILES string of the molecule is O=c1cc2n(cc1O)CCN(CC1CCCCCCC1)C2. The van der Waals surface area contributed by atoms with Gasteiger partial charge in [-0.05, 0) is 18.8 Å². The maximum absolute atomic E-state index is 11.6. The van der Waals surface area contributed by atoms with Gasteiger partial charge in [-0.25, -0.2) is 0 Å². The molecule has 0 saturated heterocycles. The van der Waals surface area contributed by atoms with Gasteiger partial charge in [0.05, 0.1) is 6.20 Å². The van der Waals surface area contributed by atoms with E-state index in [0.717, 1.165) is 37.8 Å². The van der Waals surface area contributed by atoms with E-state index in [2.05, 4.69) is 4.90 Å². The van der Waals surface area contributed by atoms with E-state index < -0.39 is 0 Å². The van der Waals surface area contributed by atoms with Crippen molar-refractivity contribution < 1.29 is 5.11 Å². The van der Waals surface area contributed by atoms with Crippen molar-refractivity contribution in [2.24, 2.45) is 5.92 Å². The smallest absolute Gasteiger partial charge is 0.223 e. The summed E-state index contributed by atoms with van der Waals surface area (Å²) < 4.78 is 2.02. The first-order valence-electron chi connectivity index (χ1n) is 8.37. The number of hydrogen-bond donors (Lipinski definition) is 1. The zero-order chi connectivity index (χ0) is 14.7. The normalized spacial score (nSPS) is 21.5. The molecule has 3 rings (SSSR count). The van der Waals surface area contributed by atoms with Gasteiger partial charge < -0.3 is 9.67 Å². The molecule has 1 aliphatic heterocycles. The summed E-state index contributed by atoms with van der Waals surface area (Å²) in [5.41, 5.74) is 0.781. The monoisotopic (exact) mass is 290 g/mol. The number of fused-ring (bicyclic) bond motifs is 1. The molecular weight excluding hydrogens is 264 g/mol. The van der Waals surface area contributed by atoms with E-state index in [4.69, 9.17) is 0 Å². The molecule has 1 N–H and O–H groups in total. The van der Waals surface area contributed by atoms with E-state index in [9.17, 15) is 9.90 Å². The van der Waals surface area contributed by atoms with E-state index in [1.165, 1.54) is 44.9 Å². The molecule has 1 aliphatic carbocycles. The quantitative estimate of drug-likeness (QED) is 0.911. The van der Waals surface area contributed by atoms with Crippen molar-refractivity contribution in [3.8, 4) is 5.75 Å². The first kappa shape index (κ1) is 14.6. The summed E-state index contributed by atoms with van der Waals surface area (Å²) in [6, 6.07) is 1.60. The second-order valence-electron chi connectivity index (χ2n) is 6.65. The van der Waals surface area contributed by atoms with Crippen molar-refractivity contribution in [1.29, 1.82) is 0 Å². The first-order chi connectivity index (χ1) is 10.2. The Bertz CT molecular complexity index is 530. The van der Waals surface area contributed by atoms with E-state index in [1.54, 1.807) is 12.3 Å². The third-order valence-electron chi connectivity index (χ3n) is 4.98. The Labute approximate surface area is 126 Å². The third kappa shape index (κ3) is 3.67. The maximum atomic E-state index is 11.6. The highest BCUT2D eigenvalue weighted by molar-refractivity contribution is 5.21. The van der Waals surface area contributed by atoms with Crippen LogP contribution < -0.4 is 5.43 Å². The molecule has 0 radical (unpaired) electrons. The molecule has 0 aromatic carbocycles. The number of rotatable bonds is 2. The zero-order valence-electron chi connectivity index (χ0n) is 12.8. The minimum atomic E-state index is -0.256. The standard InChI is InChI=1S/C17H26N2O2/c20-16-10-15-12-18(8-9-19(15)13-17(16)21)11-14-6-4-2-1-3-5-7-14/h10,13-14,21H,1-9,11-12H2. The van der Waals surface area contributed by atoms with Crippen molar-refractivity contribution in [3.05, 3.63) is 28.2 Å². The van der Waals surface area contributed by atoms with Gasteiger partial charge in [0.15, 0.2) is 5.75 Å². The van der Waals surface area contributed by atoms with Gasteiger partial charge >= 0.3 is 0 Å². The molecule has 4 heteroatoms. The van der Waals surface area contributed by atoms with Gasteiger partial charge in [-0.15, -0.1) is 0 Å². The second-order valence-corrected chi connectivity index (χ2v) is 6.65. The molecule has 1 fully saturated rings. The summed E-state index contributed by atoms with van der Waals surface area (Å²) in [7, 11) is 0. The molecule has 21 heavy (non-hydrogen) atoms. The summed E-state index contributed by atoms with van der Waals surface area (Å²) >= 11 is 0. The molecule has 0 amide bonds. The summed E-state index contributed by atoms with van der Waals surface area (Å²) in [6.45, 7) is 3.89. The molecule has 1 saturated carbocycles. The molecule has 2 heterocycles. The second kappa shape index (κ2) is 6.65. The number of hydrogen-bond acceptors (Lipinski definition) is 3. The van der Waals surface area contributed by atoms with Gasteiger partial charge in [0.25, 0.3) is 0 Å². The van der Waals surface area contributed by atoms with Gasteiger partial charge in [0.1, 0.15) is 0 Å². The highest BCUT2D eigenvalue weighted by Gasteiger charge is 2.20. The lowest BCUT2D eigenvalue weighted by Crippen LogP contribution is -2.38. The third-order valence-corrected chi connectivity index (χ3v) is 4.98. The summed E-state index contributed by atoms with van der Waals surface area (Å²) in [5, 5.41) is 9.51. The van der Waals surface area contributed by atoms with Crippen molar-refractivity contribution in [2.45, 2.75) is 58.0 Å². The maximum Gasteiger partial charge on any atom is 0.223 e. The highest BCUT2D eigenvalue weighted by Crippen LogP contribution is 2.24. The predicted molar refractivity (Wildman–Crippen MR) is 83.5 cm³/mol. The van der Waals surface area contributed by atoms with Crippen molar-refractivity contribution in [3.63, 3.8) is 0 Å². The molecule has 1 aromatic heterocycles. The Morgan fingerprint density at radius 3 is 2.57 bits per heavy atom. The molecule has 2 aliphatic rings. The largest absolute Gasteiger partial charge is 0.503 e. The van der Waals surface area contributed by atoms with Crippen LogP contribution in [0.3, 0.4) is 0 Å². The number of aromatic nitrogens is 1. The minimum absolute atomic E-state index is 0.132. The van der Waals surface area contributed by atoms with Crippen LogP contribution in [0.15, 0.2) is 17.1 Å². The molecular formula is C17H26N2O2. The van der Waals surface area contributed by atoms with Crippen LogP contribution in [0.25, 0.3) is 0 Å². The van der Waals surface area contributed by atoms with E-state index >= 15 is 0 Å². The Balaban J connectivity index is 1.62. The number of nitrogens with zero attached hydrogens (tertiary/aromatic N) is 2. The minimum Gasteiger partial charge on any atom is -0.503 e. The van der Waals surface area contributed by atoms with Gasteiger partial charge in [-0.2, -0.15) is 0 Å². The molecule has 4 nitrogen and oxygen atoms in total. The van der Waals surface area contributed by atoms with Gasteiger partial charge in [0.2, 0.25) is 5.43 Å². The molecule has 116 valence electrons. The van der Waals surface area contributed by atoms with Crippen LogP contribution >= 0.6 is 0 Å².